The first-order valence-electron chi connectivity index (χ1n) is 7.78. The molecular formula is C17H21N3OS. The number of thiazole rings is 1. The molecule has 1 unspecified atom stereocenters. The number of nitrogens with zero attached hydrogens (tertiary/aromatic N) is 1. The van der Waals surface area contributed by atoms with Crippen molar-refractivity contribution in [2.75, 3.05) is 13.1 Å². The second-order valence-electron chi connectivity index (χ2n) is 5.68. The topological polar surface area (TPSA) is 54.0 Å². The van der Waals surface area contributed by atoms with Gasteiger partial charge in [-0.2, -0.15) is 0 Å². The minimum absolute atomic E-state index is 0.126. The van der Waals surface area contributed by atoms with Crippen molar-refractivity contribution in [2.24, 2.45) is 5.92 Å². The standard InChI is InChI=1S/C17H21N3OS/c21-16(7-6-13-8-9-18-10-13)19-11-15-12-22-17(20-15)14-4-2-1-3-5-14/h1-5,12-13,18H,6-11H2,(H,19,21). The Labute approximate surface area is 135 Å². The summed E-state index contributed by atoms with van der Waals surface area (Å²) in [4.78, 5) is 16.5. The lowest BCUT2D eigenvalue weighted by Gasteiger charge is -2.07. The highest BCUT2D eigenvalue weighted by molar-refractivity contribution is 7.13. The zero-order chi connectivity index (χ0) is 15.2. The highest BCUT2D eigenvalue weighted by atomic mass is 32.1. The maximum Gasteiger partial charge on any atom is 0.220 e. The minimum atomic E-state index is 0.126. The van der Waals surface area contributed by atoms with Crippen molar-refractivity contribution >= 4 is 17.2 Å². The molecule has 1 aliphatic heterocycles. The van der Waals surface area contributed by atoms with Gasteiger partial charge in [0.25, 0.3) is 0 Å². The summed E-state index contributed by atoms with van der Waals surface area (Å²) in [6, 6.07) is 10.1. The molecule has 1 saturated heterocycles. The summed E-state index contributed by atoms with van der Waals surface area (Å²) in [7, 11) is 0. The molecular weight excluding hydrogens is 294 g/mol. The first-order valence-corrected chi connectivity index (χ1v) is 8.66. The number of benzene rings is 1. The first kappa shape index (κ1) is 15.2. The normalized spacial score (nSPS) is 17.5. The number of amides is 1. The molecule has 0 spiro atoms. The summed E-state index contributed by atoms with van der Waals surface area (Å²) in [6.45, 7) is 2.66. The van der Waals surface area contributed by atoms with Gasteiger partial charge < -0.3 is 10.6 Å². The van der Waals surface area contributed by atoms with E-state index in [4.69, 9.17) is 0 Å². The number of rotatable bonds is 6. The summed E-state index contributed by atoms with van der Waals surface area (Å²) in [5, 5.41) is 9.32. The van der Waals surface area contributed by atoms with Crippen molar-refractivity contribution in [2.45, 2.75) is 25.8 Å². The highest BCUT2D eigenvalue weighted by Gasteiger charge is 2.15. The molecule has 3 rings (SSSR count). The van der Waals surface area contributed by atoms with E-state index in [1.165, 1.54) is 6.42 Å². The Hall–Kier alpha value is -1.72. The third kappa shape index (κ3) is 4.15. The van der Waals surface area contributed by atoms with E-state index < -0.39 is 0 Å². The molecule has 0 aliphatic carbocycles. The molecule has 0 saturated carbocycles. The molecule has 4 nitrogen and oxygen atoms in total. The van der Waals surface area contributed by atoms with Crippen LogP contribution in [-0.4, -0.2) is 24.0 Å². The molecule has 0 radical (unpaired) electrons. The summed E-state index contributed by atoms with van der Waals surface area (Å²) < 4.78 is 0. The van der Waals surface area contributed by atoms with E-state index in [1.54, 1.807) is 11.3 Å². The Bertz CT molecular complexity index is 605. The van der Waals surface area contributed by atoms with Gasteiger partial charge in [0, 0.05) is 17.4 Å². The van der Waals surface area contributed by atoms with E-state index in [1.807, 2.05) is 23.6 Å². The number of carbonyl (C=O) groups is 1. The smallest absolute Gasteiger partial charge is 0.220 e. The fraction of sp³-hybridized carbons (Fsp3) is 0.412. The maximum atomic E-state index is 11.9. The fourth-order valence-corrected chi connectivity index (χ4v) is 3.50. The molecule has 2 N–H and O–H groups in total. The third-order valence-corrected chi connectivity index (χ3v) is 4.92. The lowest BCUT2D eigenvalue weighted by atomic mass is 10.0. The van der Waals surface area contributed by atoms with Gasteiger partial charge >= 0.3 is 0 Å². The molecule has 1 amide bonds. The highest BCUT2D eigenvalue weighted by Crippen LogP contribution is 2.23. The van der Waals surface area contributed by atoms with Gasteiger partial charge in [-0.3, -0.25) is 4.79 Å². The molecule has 116 valence electrons. The Morgan fingerprint density at radius 1 is 1.36 bits per heavy atom. The van der Waals surface area contributed by atoms with E-state index in [0.29, 0.717) is 18.9 Å². The van der Waals surface area contributed by atoms with Gasteiger partial charge in [-0.15, -0.1) is 11.3 Å². The molecule has 1 aliphatic rings. The Balaban J connectivity index is 1.45. The van der Waals surface area contributed by atoms with Crippen LogP contribution in [0, 0.1) is 5.92 Å². The van der Waals surface area contributed by atoms with Crippen LogP contribution in [-0.2, 0) is 11.3 Å². The van der Waals surface area contributed by atoms with Gasteiger partial charge in [0.05, 0.1) is 12.2 Å². The quantitative estimate of drug-likeness (QED) is 0.862. The Morgan fingerprint density at radius 3 is 3.00 bits per heavy atom. The molecule has 1 aromatic heterocycles. The largest absolute Gasteiger partial charge is 0.350 e. The fourth-order valence-electron chi connectivity index (χ4n) is 2.68. The summed E-state index contributed by atoms with van der Waals surface area (Å²) in [5.74, 6) is 0.788. The van der Waals surface area contributed by atoms with Crippen LogP contribution in [0.15, 0.2) is 35.7 Å². The Kier molecular flexibility index (Phi) is 5.19. The van der Waals surface area contributed by atoms with Gasteiger partial charge in [-0.1, -0.05) is 30.3 Å². The van der Waals surface area contributed by atoms with Crippen LogP contribution in [0.3, 0.4) is 0 Å². The van der Waals surface area contributed by atoms with Crippen molar-refractivity contribution in [1.82, 2.24) is 15.6 Å². The monoisotopic (exact) mass is 315 g/mol. The number of carbonyl (C=O) groups excluding carboxylic acids is 1. The molecule has 0 bridgehead atoms. The van der Waals surface area contributed by atoms with Crippen molar-refractivity contribution in [3.8, 4) is 10.6 Å². The van der Waals surface area contributed by atoms with Crippen LogP contribution in [0.25, 0.3) is 10.6 Å². The second kappa shape index (κ2) is 7.51. The lowest BCUT2D eigenvalue weighted by molar-refractivity contribution is -0.121. The van der Waals surface area contributed by atoms with E-state index in [2.05, 4.69) is 27.8 Å². The summed E-state index contributed by atoms with van der Waals surface area (Å²) in [6.07, 6.45) is 2.78. The van der Waals surface area contributed by atoms with Gasteiger partial charge in [-0.05, 0) is 31.8 Å². The van der Waals surface area contributed by atoms with Gasteiger partial charge in [0.2, 0.25) is 5.91 Å². The van der Waals surface area contributed by atoms with Crippen LogP contribution >= 0.6 is 11.3 Å². The number of hydrogen-bond acceptors (Lipinski definition) is 4. The molecule has 2 heterocycles. The lowest BCUT2D eigenvalue weighted by Crippen LogP contribution is -2.23. The molecule has 1 atom stereocenters. The third-order valence-electron chi connectivity index (χ3n) is 3.98. The Morgan fingerprint density at radius 2 is 2.23 bits per heavy atom. The van der Waals surface area contributed by atoms with Gasteiger partial charge in [-0.25, -0.2) is 4.98 Å². The average Bonchev–Trinajstić information content (AvgIpc) is 3.23. The zero-order valence-corrected chi connectivity index (χ0v) is 13.4. The zero-order valence-electron chi connectivity index (χ0n) is 12.5. The molecule has 1 fully saturated rings. The molecule has 2 aromatic rings. The van der Waals surface area contributed by atoms with Gasteiger partial charge in [0.1, 0.15) is 5.01 Å². The SMILES string of the molecule is O=C(CCC1CCNC1)NCc1csc(-c2ccccc2)n1. The molecule has 5 heteroatoms. The van der Waals surface area contributed by atoms with Crippen LogP contribution < -0.4 is 10.6 Å². The van der Waals surface area contributed by atoms with Crippen molar-refractivity contribution in [1.29, 1.82) is 0 Å². The van der Waals surface area contributed by atoms with Crippen molar-refractivity contribution in [3.63, 3.8) is 0 Å². The summed E-state index contributed by atoms with van der Waals surface area (Å²) >= 11 is 1.62. The average molecular weight is 315 g/mol. The maximum absolute atomic E-state index is 11.9. The predicted octanol–water partition coefficient (Wildman–Crippen LogP) is 2.82. The molecule has 1 aromatic carbocycles. The number of hydrogen-bond donors (Lipinski definition) is 2. The predicted molar refractivity (Wildman–Crippen MR) is 89.6 cm³/mol. The van der Waals surface area contributed by atoms with E-state index in [-0.39, 0.29) is 5.91 Å². The summed E-state index contributed by atoms with van der Waals surface area (Å²) in [5.41, 5.74) is 2.05. The van der Waals surface area contributed by atoms with Crippen molar-refractivity contribution < 1.29 is 4.79 Å². The minimum Gasteiger partial charge on any atom is -0.350 e. The molecule has 22 heavy (non-hydrogen) atoms. The van der Waals surface area contributed by atoms with E-state index >= 15 is 0 Å². The van der Waals surface area contributed by atoms with Crippen LogP contribution in [0.2, 0.25) is 0 Å². The second-order valence-corrected chi connectivity index (χ2v) is 6.54. The van der Waals surface area contributed by atoms with E-state index in [0.717, 1.165) is 35.8 Å². The van der Waals surface area contributed by atoms with Crippen LogP contribution in [0.1, 0.15) is 25.0 Å². The van der Waals surface area contributed by atoms with Crippen LogP contribution in [0.5, 0.6) is 0 Å². The van der Waals surface area contributed by atoms with E-state index in [9.17, 15) is 4.79 Å². The van der Waals surface area contributed by atoms with Crippen LogP contribution in [0.4, 0.5) is 0 Å². The number of aromatic nitrogens is 1. The first-order chi connectivity index (χ1) is 10.8. The number of nitrogens with one attached hydrogen (secondary N) is 2. The van der Waals surface area contributed by atoms with Crippen molar-refractivity contribution in [3.05, 3.63) is 41.4 Å². The van der Waals surface area contributed by atoms with Gasteiger partial charge in [0.15, 0.2) is 0 Å².